The highest BCUT2D eigenvalue weighted by molar-refractivity contribution is 6.00. The molecule has 0 radical (unpaired) electrons. The Hall–Kier alpha value is -1.55. The van der Waals surface area contributed by atoms with Gasteiger partial charge in [0.15, 0.2) is 5.78 Å². The van der Waals surface area contributed by atoms with Gasteiger partial charge in [0.25, 0.3) is 0 Å². The number of Topliss-reactive ketones (excluding diaryl/α,β-unsaturated/α-hetero) is 1. The van der Waals surface area contributed by atoms with E-state index in [0.29, 0.717) is 17.3 Å². The highest BCUT2D eigenvalue weighted by atomic mass is 16.5. The van der Waals surface area contributed by atoms with Crippen molar-refractivity contribution in [2.24, 2.45) is 0 Å². The van der Waals surface area contributed by atoms with Gasteiger partial charge in [-0.3, -0.25) is 4.79 Å². The molecular formula is C15H22N2O2. The van der Waals surface area contributed by atoms with Crippen LogP contribution in [0.25, 0.3) is 0 Å². The van der Waals surface area contributed by atoms with Crippen molar-refractivity contribution >= 4 is 17.2 Å². The van der Waals surface area contributed by atoms with Gasteiger partial charge in [-0.05, 0) is 51.8 Å². The van der Waals surface area contributed by atoms with E-state index in [1.54, 1.807) is 6.07 Å². The number of ether oxygens (including phenoxy) is 1. The smallest absolute Gasteiger partial charge is 0.161 e. The Morgan fingerprint density at radius 3 is 2.84 bits per heavy atom. The number of ketones is 1. The average molecular weight is 262 g/mol. The van der Waals surface area contributed by atoms with E-state index in [2.05, 4.69) is 19.2 Å². The summed E-state index contributed by atoms with van der Waals surface area (Å²) in [5, 5.41) is 3.47. The molecule has 1 heterocycles. The maximum Gasteiger partial charge on any atom is 0.161 e. The van der Waals surface area contributed by atoms with Crippen LogP contribution in [0.2, 0.25) is 0 Å². The lowest BCUT2D eigenvalue weighted by molar-refractivity contribution is -0.0553. The van der Waals surface area contributed by atoms with Crippen molar-refractivity contribution in [1.82, 2.24) is 0 Å². The van der Waals surface area contributed by atoms with Crippen LogP contribution in [0.3, 0.4) is 0 Å². The first-order valence-corrected chi connectivity index (χ1v) is 6.68. The lowest BCUT2D eigenvalue weighted by Gasteiger charge is -2.36. The number of nitrogens with one attached hydrogen (secondary N) is 1. The summed E-state index contributed by atoms with van der Waals surface area (Å²) in [6.07, 6.45) is 1.93. The van der Waals surface area contributed by atoms with E-state index in [-0.39, 0.29) is 11.4 Å². The second-order valence-electron chi connectivity index (χ2n) is 5.80. The standard InChI is InChI=1S/C15H22N2O2/c1-10(18)13-8-11(4-5-14(13)16)17-12-6-7-19-15(2,3)9-12/h4-5,8,12,17H,6-7,9,16H2,1-3H3. The molecule has 104 valence electrons. The van der Waals surface area contributed by atoms with Crippen LogP contribution in [0.15, 0.2) is 18.2 Å². The second-order valence-corrected chi connectivity index (χ2v) is 5.80. The highest BCUT2D eigenvalue weighted by Crippen LogP contribution is 2.27. The molecule has 0 saturated carbocycles. The van der Waals surface area contributed by atoms with Gasteiger partial charge in [-0.1, -0.05) is 0 Å². The number of hydrogen-bond acceptors (Lipinski definition) is 4. The molecule has 2 rings (SSSR count). The molecule has 1 atom stereocenters. The fraction of sp³-hybridized carbons (Fsp3) is 0.533. The minimum absolute atomic E-state index is 0.00606. The van der Waals surface area contributed by atoms with Gasteiger partial charge in [-0.2, -0.15) is 0 Å². The van der Waals surface area contributed by atoms with Crippen molar-refractivity contribution in [2.75, 3.05) is 17.7 Å². The number of nitrogen functional groups attached to an aromatic ring is 1. The second kappa shape index (κ2) is 5.21. The Labute approximate surface area is 114 Å². The third-order valence-electron chi connectivity index (χ3n) is 3.50. The maximum absolute atomic E-state index is 11.5. The molecule has 19 heavy (non-hydrogen) atoms. The Morgan fingerprint density at radius 2 is 2.21 bits per heavy atom. The summed E-state index contributed by atoms with van der Waals surface area (Å²) in [4.78, 5) is 11.5. The molecule has 0 aliphatic carbocycles. The van der Waals surface area contributed by atoms with Crippen molar-refractivity contribution in [3.8, 4) is 0 Å². The number of nitrogens with two attached hydrogens (primary N) is 1. The largest absolute Gasteiger partial charge is 0.398 e. The summed E-state index contributed by atoms with van der Waals surface area (Å²) in [7, 11) is 0. The predicted octanol–water partition coefficient (Wildman–Crippen LogP) is 2.84. The number of rotatable bonds is 3. The molecule has 0 bridgehead atoms. The van der Waals surface area contributed by atoms with E-state index in [4.69, 9.17) is 10.5 Å². The third kappa shape index (κ3) is 3.47. The Bertz CT molecular complexity index is 483. The molecule has 4 heteroatoms. The van der Waals surface area contributed by atoms with Crippen molar-refractivity contribution in [2.45, 2.75) is 45.3 Å². The van der Waals surface area contributed by atoms with E-state index in [0.717, 1.165) is 25.1 Å². The molecule has 1 aromatic carbocycles. The summed E-state index contributed by atoms with van der Waals surface area (Å²) >= 11 is 0. The lowest BCUT2D eigenvalue weighted by atomic mass is 9.93. The van der Waals surface area contributed by atoms with E-state index >= 15 is 0 Å². The van der Waals surface area contributed by atoms with Gasteiger partial charge < -0.3 is 15.8 Å². The molecule has 0 amide bonds. The van der Waals surface area contributed by atoms with Crippen molar-refractivity contribution in [1.29, 1.82) is 0 Å². The molecule has 0 aromatic heterocycles. The summed E-state index contributed by atoms with van der Waals surface area (Å²) < 4.78 is 5.70. The molecule has 3 N–H and O–H groups in total. The fourth-order valence-electron chi connectivity index (χ4n) is 2.54. The monoisotopic (exact) mass is 262 g/mol. The highest BCUT2D eigenvalue weighted by Gasteiger charge is 2.28. The Kier molecular flexibility index (Phi) is 3.80. The normalized spacial score (nSPS) is 21.9. The zero-order valence-electron chi connectivity index (χ0n) is 11.8. The van der Waals surface area contributed by atoms with Crippen molar-refractivity contribution in [3.63, 3.8) is 0 Å². The summed E-state index contributed by atoms with van der Waals surface area (Å²) in [5.41, 5.74) is 7.77. The lowest BCUT2D eigenvalue weighted by Crippen LogP contribution is -2.40. The van der Waals surface area contributed by atoms with Gasteiger partial charge >= 0.3 is 0 Å². The van der Waals surface area contributed by atoms with Crippen LogP contribution >= 0.6 is 0 Å². The minimum Gasteiger partial charge on any atom is -0.398 e. The molecular weight excluding hydrogens is 240 g/mol. The molecule has 1 aliphatic heterocycles. The van der Waals surface area contributed by atoms with Crippen LogP contribution in [0.1, 0.15) is 44.0 Å². The quantitative estimate of drug-likeness (QED) is 0.649. The van der Waals surface area contributed by atoms with Gasteiger partial charge in [0.1, 0.15) is 0 Å². The van der Waals surface area contributed by atoms with E-state index in [1.807, 2.05) is 12.1 Å². The van der Waals surface area contributed by atoms with Crippen LogP contribution < -0.4 is 11.1 Å². The topological polar surface area (TPSA) is 64.3 Å². The van der Waals surface area contributed by atoms with E-state index in [9.17, 15) is 4.79 Å². The van der Waals surface area contributed by atoms with Gasteiger partial charge in [-0.15, -0.1) is 0 Å². The first-order chi connectivity index (χ1) is 8.87. The van der Waals surface area contributed by atoms with Crippen molar-refractivity contribution in [3.05, 3.63) is 23.8 Å². The summed E-state index contributed by atoms with van der Waals surface area (Å²) in [6.45, 7) is 6.50. The van der Waals surface area contributed by atoms with Gasteiger partial charge in [0.05, 0.1) is 5.60 Å². The van der Waals surface area contributed by atoms with Crippen LogP contribution in [0.5, 0.6) is 0 Å². The third-order valence-corrected chi connectivity index (χ3v) is 3.50. The molecule has 1 aliphatic rings. The number of hydrogen-bond donors (Lipinski definition) is 2. The van der Waals surface area contributed by atoms with E-state index in [1.165, 1.54) is 6.92 Å². The molecule has 1 aromatic rings. The van der Waals surface area contributed by atoms with Crippen LogP contribution in [0, 0.1) is 0 Å². The number of carbonyl (C=O) groups is 1. The molecule has 1 fully saturated rings. The zero-order chi connectivity index (χ0) is 14.0. The maximum atomic E-state index is 11.5. The van der Waals surface area contributed by atoms with Crippen molar-refractivity contribution < 1.29 is 9.53 Å². The Balaban J connectivity index is 2.11. The summed E-state index contributed by atoms with van der Waals surface area (Å²) in [5.74, 6) is -0.00606. The van der Waals surface area contributed by atoms with Gasteiger partial charge in [0, 0.05) is 29.6 Å². The fourth-order valence-corrected chi connectivity index (χ4v) is 2.54. The van der Waals surface area contributed by atoms with Crippen LogP contribution in [0.4, 0.5) is 11.4 Å². The molecule has 1 saturated heterocycles. The van der Waals surface area contributed by atoms with Crippen LogP contribution in [-0.2, 0) is 4.74 Å². The number of carbonyl (C=O) groups excluding carboxylic acids is 1. The molecule has 1 unspecified atom stereocenters. The first kappa shape index (κ1) is 13.9. The summed E-state index contributed by atoms with van der Waals surface area (Å²) in [6, 6.07) is 5.90. The minimum atomic E-state index is -0.0901. The Morgan fingerprint density at radius 1 is 1.47 bits per heavy atom. The predicted molar refractivity (Wildman–Crippen MR) is 77.5 cm³/mol. The average Bonchev–Trinajstić information content (AvgIpc) is 2.30. The number of benzene rings is 1. The van der Waals surface area contributed by atoms with Gasteiger partial charge in [-0.25, -0.2) is 0 Å². The molecule has 0 spiro atoms. The zero-order valence-corrected chi connectivity index (χ0v) is 11.8. The van der Waals surface area contributed by atoms with E-state index < -0.39 is 0 Å². The SMILES string of the molecule is CC(=O)c1cc(NC2CCOC(C)(C)C2)ccc1N. The number of anilines is 2. The van der Waals surface area contributed by atoms with Gasteiger partial charge in [0.2, 0.25) is 0 Å². The molecule has 4 nitrogen and oxygen atoms in total. The first-order valence-electron chi connectivity index (χ1n) is 6.68. The van der Waals surface area contributed by atoms with Crippen LogP contribution in [-0.4, -0.2) is 24.0 Å².